The zero-order valence-corrected chi connectivity index (χ0v) is 8.41. The summed E-state index contributed by atoms with van der Waals surface area (Å²) < 4.78 is 10.1. The highest BCUT2D eigenvalue weighted by atomic mass is 16.6. The Morgan fingerprint density at radius 1 is 1.71 bits per heavy atom. The highest BCUT2D eigenvalue weighted by Gasteiger charge is 2.30. The summed E-state index contributed by atoms with van der Waals surface area (Å²) in [5, 5.41) is 11.0. The van der Waals surface area contributed by atoms with Crippen LogP contribution in [0.3, 0.4) is 0 Å². The van der Waals surface area contributed by atoms with Crippen molar-refractivity contribution in [2.45, 2.75) is 25.4 Å². The first-order chi connectivity index (χ1) is 6.66. The van der Waals surface area contributed by atoms with E-state index < -0.39 is 6.09 Å². The number of aliphatic hydroxyl groups is 1. The summed E-state index contributed by atoms with van der Waals surface area (Å²) in [6.07, 6.45) is 1.48. The summed E-state index contributed by atoms with van der Waals surface area (Å²) in [6.45, 7) is 3.05. The van der Waals surface area contributed by atoms with Crippen LogP contribution in [0.2, 0.25) is 0 Å². The lowest BCUT2D eigenvalue weighted by atomic mass is 10.0. The summed E-state index contributed by atoms with van der Waals surface area (Å²) in [4.78, 5) is 11.0. The molecule has 2 N–H and O–H groups in total. The molecule has 1 saturated heterocycles. The molecule has 1 heterocycles. The van der Waals surface area contributed by atoms with Crippen molar-refractivity contribution in [2.75, 3.05) is 26.4 Å². The Balaban J connectivity index is 2.15. The Bertz CT molecular complexity index is 189. The maximum Gasteiger partial charge on any atom is 0.407 e. The number of aliphatic hydroxyl groups excluding tert-OH is 1. The molecule has 1 amide bonds. The topological polar surface area (TPSA) is 67.8 Å². The van der Waals surface area contributed by atoms with E-state index in [1.165, 1.54) is 0 Å². The van der Waals surface area contributed by atoms with Crippen LogP contribution in [0.25, 0.3) is 0 Å². The maximum atomic E-state index is 11.0. The van der Waals surface area contributed by atoms with Crippen LogP contribution in [0.5, 0.6) is 0 Å². The number of rotatable bonds is 4. The van der Waals surface area contributed by atoms with Crippen molar-refractivity contribution in [2.24, 2.45) is 0 Å². The van der Waals surface area contributed by atoms with E-state index in [9.17, 15) is 4.79 Å². The molecule has 0 bridgehead atoms. The fraction of sp³-hybridized carbons (Fsp3) is 0.889. The fourth-order valence-corrected chi connectivity index (χ4v) is 1.42. The fourth-order valence-electron chi connectivity index (χ4n) is 1.42. The summed E-state index contributed by atoms with van der Waals surface area (Å²) in [5.41, 5.74) is -0.252. The molecule has 0 aromatic carbocycles. The van der Waals surface area contributed by atoms with Gasteiger partial charge in [-0.05, 0) is 19.8 Å². The Morgan fingerprint density at radius 2 is 2.50 bits per heavy atom. The highest BCUT2D eigenvalue weighted by Crippen LogP contribution is 2.23. The van der Waals surface area contributed by atoms with Crippen LogP contribution in [0.1, 0.15) is 19.8 Å². The number of alkyl carbamates (subject to hydrolysis) is 1. The molecule has 0 aromatic rings. The van der Waals surface area contributed by atoms with Crippen molar-refractivity contribution < 1.29 is 19.4 Å². The zero-order valence-electron chi connectivity index (χ0n) is 8.41. The number of hydrogen-bond donors (Lipinski definition) is 2. The third-order valence-corrected chi connectivity index (χ3v) is 2.23. The number of carbonyl (C=O) groups excluding carboxylic acids is 1. The molecule has 1 rings (SSSR count). The molecule has 1 unspecified atom stereocenters. The number of nitrogens with one attached hydrogen (secondary N) is 1. The third kappa shape index (κ3) is 3.51. The van der Waals surface area contributed by atoms with E-state index in [0.29, 0.717) is 6.54 Å². The lowest BCUT2D eigenvalue weighted by molar-refractivity contribution is 0.0194. The Labute approximate surface area is 83.4 Å². The van der Waals surface area contributed by atoms with Crippen LogP contribution in [0.15, 0.2) is 0 Å². The smallest absolute Gasteiger partial charge is 0.407 e. The van der Waals surface area contributed by atoms with Crippen LogP contribution in [-0.4, -0.2) is 43.2 Å². The molecule has 0 saturated carbocycles. The number of ether oxygens (including phenoxy) is 2. The van der Waals surface area contributed by atoms with E-state index in [2.05, 4.69) is 10.1 Å². The van der Waals surface area contributed by atoms with E-state index in [1.54, 1.807) is 0 Å². The second-order valence-corrected chi connectivity index (χ2v) is 3.62. The second-order valence-electron chi connectivity index (χ2n) is 3.62. The molecule has 0 radical (unpaired) electrons. The molecule has 1 fully saturated rings. The van der Waals surface area contributed by atoms with Gasteiger partial charge in [-0.2, -0.15) is 0 Å². The second kappa shape index (κ2) is 5.17. The van der Waals surface area contributed by atoms with Crippen molar-refractivity contribution in [3.63, 3.8) is 0 Å². The van der Waals surface area contributed by atoms with Gasteiger partial charge in [0.25, 0.3) is 0 Å². The van der Waals surface area contributed by atoms with Crippen molar-refractivity contribution in [3.05, 3.63) is 0 Å². The number of amides is 1. The molecule has 1 aliphatic heterocycles. The molecule has 0 aliphatic carbocycles. The highest BCUT2D eigenvalue weighted by molar-refractivity contribution is 5.67. The van der Waals surface area contributed by atoms with Gasteiger partial charge in [0.1, 0.15) is 6.61 Å². The summed E-state index contributed by atoms with van der Waals surface area (Å²) in [5.74, 6) is 0. The molecule has 0 aromatic heterocycles. The molecule has 0 spiro atoms. The third-order valence-electron chi connectivity index (χ3n) is 2.23. The van der Waals surface area contributed by atoms with Crippen molar-refractivity contribution in [1.82, 2.24) is 5.32 Å². The van der Waals surface area contributed by atoms with Crippen molar-refractivity contribution in [3.8, 4) is 0 Å². The normalized spacial score (nSPS) is 26.1. The van der Waals surface area contributed by atoms with Gasteiger partial charge in [-0.1, -0.05) is 0 Å². The molecule has 14 heavy (non-hydrogen) atoms. The standard InChI is InChI=1S/C9H17NO4/c1-9(3-2-5-14-9)7-10-8(12)13-6-4-11/h11H,2-7H2,1H3,(H,10,12). The van der Waals surface area contributed by atoms with Gasteiger partial charge in [0, 0.05) is 13.2 Å². The van der Waals surface area contributed by atoms with E-state index in [-0.39, 0.29) is 18.8 Å². The van der Waals surface area contributed by atoms with Crippen LogP contribution in [0, 0.1) is 0 Å². The van der Waals surface area contributed by atoms with Gasteiger partial charge in [0.2, 0.25) is 0 Å². The Kier molecular flexibility index (Phi) is 4.16. The van der Waals surface area contributed by atoms with Crippen molar-refractivity contribution in [1.29, 1.82) is 0 Å². The summed E-state index contributed by atoms with van der Waals surface area (Å²) >= 11 is 0. The first kappa shape index (κ1) is 11.3. The van der Waals surface area contributed by atoms with Crippen molar-refractivity contribution >= 4 is 6.09 Å². The van der Waals surface area contributed by atoms with Gasteiger partial charge >= 0.3 is 6.09 Å². The zero-order chi connectivity index (χ0) is 10.4. The summed E-state index contributed by atoms with van der Waals surface area (Å²) in [6, 6.07) is 0. The minimum atomic E-state index is -0.504. The minimum Gasteiger partial charge on any atom is -0.447 e. The molecule has 82 valence electrons. The molecule has 5 heteroatoms. The Hall–Kier alpha value is -0.810. The van der Waals surface area contributed by atoms with Gasteiger partial charge < -0.3 is 19.9 Å². The monoisotopic (exact) mass is 203 g/mol. The van der Waals surface area contributed by atoms with E-state index >= 15 is 0 Å². The lowest BCUT2D eigenvalue weighted by Crippen LogP contribution is -2.40. The average molecular weight is 203 g/mol. The van der Waals surface area contributed by atoms with E-state index in [1.807, 2.05) is 6.92 Å². The van der Waals surface area contributed by atoms with E-state index in [4.69, 9.17) is 9.84 Å². The van der Waals surface area contributed by atoms with Gasteiger partial charge in [-0.15, -0.1) is 0 Å². The molecule has 5 nitrogen and oxygen atoms in total. The van der Waals surface area contributed by atoms with Crippen LogP contribution < -0.4 is 5.32 Å². The van der Waals surface area contributed by atoms with Crippen LogP contribution >= 0.6 is 0 Å². The molecular formula is C9H17NO4. The molecular weight excluding hydrogens is 186 g/mol. The predicted molar refractivity (Wildman–Crippen MR) is 50.0 cm³/mol. The first-order valence-corrected chi connectivity index (χ1v) is 4.82. The first-order valence-electron chi connectivity index (χ1n) is 4.82. The minimum absolute atomic E-state index is 0.0312. The van der Waals surface area contributed by atoms with Gasteiger partial charge in [0.05, 0.1) is 12.2 Å². The molecule has 1 atom stereocenters. The number of hydrogen-bond acceptors (Lipinski definition) is 4. The number of carbonyl (C=O) groups is 1. The maximum absolute atomic E-state index is 11.0. The van der Waals surface area contributed by atoms with Crippen LogP contribution in [0.4, 0.5) is 4.79 Å². The van der Waals surface area contributed by atoms with E-state index in [0.717, 1.165) is 19.4 Å². The lowest BCUT2D eigenvalue weighted by Gasteiger charge is -2.22. The van der Waals surface area contributed by atoms with Gasteiger partial charge in [0.15, 0.2) is 0 Å². The SMILES string of the molecule is CC1(CNC(=O)OCCO)CCCO1. The van der Waals surface area contributed by atoms with Gasteiger partial charge in [-0.25, -0.2) is 4.79 Å². The largest absolute Gasteiger partial charge is 0.447 e. The average Bonchev–Trinajstić information content (AvgIpc) is 2.60. The van der Waals surface area contributed by atoms with Crippen LogP contribution in [-0.2, 0) is 9.47 Å². The predicted octanol–water partition coefficient (Wildman–Crippen LogP) is 0.274. The van der Waals surface area contributed by atoms with Gasteiger partial charge in [-0.3, -0.25) is 0 Å². The summed E-state index contributed by atoms with van der Waals surface area (Å²) in [7, 11) is 0. The Morgan fingerprint density at radius 3 is 3.07 bits per heavy atom. The molecule has 1 aliphatic rings. The quantitative estimate of drug-likeness (QED) is 0.688.